The summed E-state index contributed by atoms with van der Waals surface area (Å²) in [6, 6.07) is 28.3. The third kappa shape index (κ3) is 14.3. The molecular formula is C56H69N7O8S. The maximum atomic E-state index is 14.1. The lowest BCUT2D eigenvalue weighted by molar-refractivity contribution is -0.144. The number of aliphatic hydroxyl groups excluding tert-OH is 1. The molecule has 2 fully saturated rings. The van der Waals surface area contributed by atoms with Gasteiger partial charge in [-0.1, -0.05) is 88.4 Å². The molecule has 0 aliphatic carbocycles. The van der Waals surface area contributed by atoms with Crippen LogP contribution in [0.2, 0.25) is 0 Å². The standard InChI is InChI=1S/C56H69N7O8S/c1-6-47(39-11-17-43(64)18-12-39)51(40-13-19-44(65)20-14-40)41-15-21-46(22-16-41)71-32-25-57-49(67)23-26-61-28-30-62(31-29-61)27-24-50(68)60-53(56(3,4)5)55(70)63-35-45(66)33-48(63)54(69)58-34-38-7-9-42(10-8-38)52-37(2)59-36-72-52/h7-22,36,45,48,53,64-66H,6,23-35H2,1-5H3,(H,57,67)(H,58,69)(H,60,68)/t45-,48+,53?/m1/s1. The average molecular weight is 1000 g/mol. The largest absolute Gasteiger partial charge is 0.508 e. The number of ether oxygens (including phenoxy) is 1. The Labute approximate surface area is 426 Å². The number of benzene rings is 4. The van der Waals surface area contributed by atoms with Crippen molar-refractivity contribution in [2.75, 3.05) is 59.0 Å². The van der Waals surface area contributed by atoms with Gasteiger partial charge in [-0.15, -0.1) is 11.3 Å². The summed E-state index contributed by atoms with van der Waals surface area (Å²) in [5.74, 6) is 0.00803. The first-order chi connectivity index (χ1) is 34.6. The molecule has 7 rings (SSSR count). The Hall–Kier alpha value is -6.59. The van der Waals surface area contributed by atoms with Crippen LogP contribution in [0.5, 0.6) is 17.2 Å². The van der Waals surface area contributed by atoms with Gasteiger partial charge in [-0.25, -0.2) is 4.98 Å². The number of β-amino-alcohol motifs (C(OH)–C–C–N with tert-alkyl or cyclic N) is 1. The maximum Gasteiger partial charge on any atom is 0.246 e. The number of nitrogens with one attached hydrogen (secondary N) is 3. The summed E-state index contributed by atoms with van der Waals surface area (Å²) in [4.78, 5) is 65.1. The predicted molar refractivity (Wildman–Crippen MR) is 281 cm³/mol. The number of aromatic hydroxyl groups is 2. The molecule has 382 valence electrons. The second kappa shape index (κ2) is 24.7. The van der Waals surface area contributed by atoms with Crippen molar-refractivity contribution < 1.29 is 39.2 Å². The number of aliphatic hydroxyl groups is 1. The van der Waals surface area contributed by atoms with Crippen molar-refractivity contribution in [1.82, 2.24) is 35.6 Å². The van der Waals surface area contributed by atoms with E-state index in [1.807, 2.05) is 106 Å². The summed E-state index contributed by atoms with van der Waals surface area (Å²) in [7, 11) is 0. The fourth-order valence-corrected chi connectivity index (χ4v) is 10.1. The van der Waals surface area contributed by atoms with Crippen molar-refractivity contribution in [2.45, 2.75) is 85.0 Å². The fourth-order valence-electron chi connectivity index (χ4n) is 9.27. The van der Waals surface area contributed by atoms with E-state index in [0.717, 1.165) is 82.1 Å². The molecule has 16 heteroatoms. The fraction of sp³-hybridized carbons (Fsp3) is 0.411. The normalized spacial score (nSPS) is 17.2. The number of aryl methyl sites for hydroxylation is 1. The topological polar surface area (TPSA) is 197 Å². The summed E-state index contributed by atoms with van der Waals surface area (Å²) in [6.45, 7) is 14.8. The first-order valence-electron chi connectivity index (χ1n) is 24.9. The molecule has 1 unspecified atom stereocenters. The molecule has 2 aliphatic rings. The molecule has 0 saturated carbocycles. The van der Waals surface area contributed by atoms with Gasteiger partial charge in [-0.3, -0.25) is 19.2 Å². The van der Waals surface area contributed by atoms with Crippen LogP contribution in [0.3, 0.4) is 0 Å². The van der Waals surface area contributed by atoms with E-state index in [1.165, 1.54) is 4.90 Å². The zero-order valence-electron chi connectivity index (χ0n) is 42.0. The van der Waals surface area contributed by atoms with Gasteiger partial charge >= 0.3 is 0 Å². The second-order valence-corrected chi connectivity index (χ2v) is 20.5. The number of carbonyl (C=O) groups is 4. The summed E-state index contributed by atoms with van der Waals surface area (Å²) < 4.78 is 5.99. The van der Waals surface area contributed by atoms with Crippen molar-refractivity contribution >= 4 is 46.1 Å². The van der Waals surface area contributed by atoms with Gasteiger partial charge in [0.25, 0.3) is 0 Å². The molecular weight excluding hydrogens is 931 g/mol. The lowest BCUT2D eigenvalue weighted by Gasteiger charge is -2.36. The van der Waals surface area contributed by atoms with Crippen LogP contribution in [0.15, 0.2) is 103 Å². The van der Waals surface area contributed by atoms with Gasteiger partial charge in [-0.2, -0.15) is 0 Å². The Morgan fingerprint density at radius 2 is 1.35 bits per heavy atom. The minimum Gasteiger partial charge on any atom is -0.508 e. The Morgan fingerprint density at radius 1 is 0.778 bits per heavy atom. The van der Waals surface area contributed by atoms with Crippen LogP contribution >= 0.6 is 11.3 Å². The van der Waals surface area contributed by atoms with Crippen molar-refractivity contribution in [3.8, 4) is 27.7 Å². The number of rotatable bonds is 20. The number of hydrogen-bond acceptors (Lipinski definition) is 12. The quantitative estimate of drug-likeness (QED) is 0.0363. The van der Waals surface area contributed by atoms with E-state index >= 15 is 0 Å². The summed E-state index contributed by atoms with van der Waals surface area (Å²) >= 11 is 1.58. The van der Waals surface area contributed by atoms with Crippen LogP contribution in [-0.4, -0.2) is 136 Å². The monoisotopic (exact) mass is 999 g/mol. The van der Waals surface area contributed by atoms with Gasteiger partial charge < -0.3 is 50.7 Å². The van der Waals surface area contributed by atoms with E-state index in [2.05, 4.69) is 37.7 Å². The van der Waals surface area contributed by atoms with Crippen molar-refractivity contribution in [2.24, 2.45) is 5.41 Å². The highest BCUT2D eigenvalue weighted by Gasteiger charge is 2.44. The minimum absolute atomic E-state index is 0.00730. The molecule has 72 heavy (non-hydrogen) atoms. The molecule has 5 aromatic rings. The van der Waals surface area contributed by atoms with Gasteiger partial charge in [0.15, 0.2) is 0 Å². The van der Waals surface area contributed by atoms with Crippen molar-refractivity contribution in [1.29, 1.82) is 0 Å². The molecule has 2 saturated heterocycles. The number of nitrogens with zero attached hydrogens (tertiary/aromatic N) is 4. The molecule has 0 spiro atoms. The lowest BCUT2D eigenvalue weighted by Crippen LogP contribution is -2.58. The summed E-state index contributed by atoms with van der Waals surface area (Å²) in [5, 5.41) is 39.4. The lowest BCUT2D eigenvalue weighted by atomic mass is 9.85. The average Bonchev–Trinajstić information content (AvgIpc) is 4.00. The first kappa shape index (κ1) is 53.2. The van der Waals surface area contributed by atoms with Crippen LogP contribution in [0.4, 0.5) is 0 Å². The SMILES string of the molecule is CCC(=C(c1ccc(O)cc1)c1ccc(OCCNC(=O)CCN2CCN(CCC(=O)NC(C(=O)N3C[C@H](O)C[C@H]3C(=O)NCc3ccc(-c4scnc4C)cc3)C(C)(C)C)CC2)cc1)c1ccc(O)cc1. The number of likely N-dealkylation sites (tertiary alicyclic amines) is 1. The molecule has 15 nitrogen and oxygen atoms in total. The Balaban J connectivity index is 0.805. The molecule has 0 bridgehead atoms. The van der Waals surface area contributed by atoms with Gasteiger partial charge in [-0.05, 0) is 94.1 Å². The number of allylic oxidation sites excluding steroid dienone is 1. The van der Waals surface area contributed by atoms with Gasteiger partial charge in [0.2, 0.25) is 23.6 Å². The third-order valence-electron chi connectivity index (χ3n) is 13.3. The van der Waals surface area contributed by atoms with E-state index in [-0.39, 0.29) is 55.2 Å². The Kier molecular flexibility index (Phi) is 18.3. The number of carbonyl (C=O) groups excluding carboxylic acids is 4. The van der Waals surface area contributed by atoms with Crippen molar-refractivity contribution in [3.63, 3.8) is 0 Å². The van der Waals surface area contributed by atoms with Crippen LogP contribution in [0.25, 0.3) is 21.6 Å². The highest BCUT2D eigenvalue weighted by atomic mass is 32.1. The van der Waals surface area contributed by atoms with Gasteiger partial charge in [0.05, 0.1) is 28.7 Å². The van der Waals surface area contributed by atoms with Crippen LogP contribution in [0.1, 0.15) is 81.3 Å². The number of amides is 4. The molecule has 0 radical (unpaired) electrons. The molecule has 1 aromatic heterocycles. The summed E-state index contributed by atoms with van der Waals surface area (Å²) in [5.41, 5.74) is 9.12. The second-order valence-electron chi connectivity index (χ2n) is 19.7. The van der Waals surface area contributed by atoms with E-state index in [0.29, 0.717) is 38.4 Å². The number of thiazole rings is 1. The zero-order valence-corrected chi connectivity index (χ0v) is 42.8. The molecule has 6 N–H and O–H groups in total. The van der Waals surface area contributed by atoms with Crippen LogP contribution < -0.4 is 20.7 Å². The number of hydrogen-bond donors (Lipinski definition) is 6. The molecule has 2 aliphatic heterocycles. The minimum atomic E-state index is -0.901. The van der Waals surface area contributed by atoms with E-state index in [1.54, 1.807) is 35.6 Å². The molecule has 4 aromatic carbocycles. The Bertz CT molecular complexity index is 2640. The maximum absolute atomic E-state index is 14.1. The number of phenolic OH excluding ortho intramolecular Hbond substituents is 2. The predicted octanol–water partition coefficient (Wildman–Crippen LogP) is 6.60. The highest BCUT2D eigenvalue weighted by Crippen LogP contribution is 2.36. The third-order valence-corrected chi connectivity index (χ3v) is 14.3. The van der Waals surface area contributed by atoms with Crippen LogP contribution in [-0.2, 0) is 25.7 Å². The van der Waals surface area contributed by atoms with Gasteiger partial charge in [0.1, 0.15) is 35.9 Å². The number of piperazine rings is 1. The van der Waals surface area contributed by atoms with Crippen molar-refractivity contribution in [3.05, 3.63) is 131 Å². The first-order valence-corrected chi connectivity index (χ1v) is 25.8. The Morgan fingerprint density at radius 3 is 1.90 bits per heavy atom. The molecule has 3 atom stereocenters. The zero-order chi connectivity index (χ0) is 51.4. The van der Waals surface area contributed by atoms with E-state index < -0.39 is 29.5 Å². The number of phenols is 2. The van der Waals surface area contributed by atoms with E-state index in [9.17, 15) is 34.5 Å². The highest BCUT2D eigenvalue weighted by molar-refractivity contribution is 7.13. The summed E-state index contributed by atoms with van der Waals surface area (Å²) in [6.07, 6.45) is 0.548. The van der Waals surface area contributed by atoms with Gasteiger partial charge in [0, 0.05) is 71.6 Å². The smallest absolute Gasteiger partial charge is 0.246 e. The number of aromatic nitrogens is 1. The van der Waals surface area contributed by atoms with E-state index in [4.69, 9.17) is 4.74 Å². The van der Waals surface area contributed by atoms with Crippen LogP contribution in [0, 0.1) is 12.3 Å². The molecule has 3 heterocycles. The molecule has 4 amide bonds.